The molecular formula is C9H13IN4O4S. The molecule has 0 saturated carbocycles. The number of ether oxygens (including phenoxy) is 1. The second-order valence-corrected chi connectivity index (χ2v) is 6.38. The third-order valence-electron chi connectivity index (χ3n) is 2.51. The molecule has 2 rings (SSSR count). The highest BCUT2D eigenvalue weighted by Gasteiger charge is 2.30. The molecule has 1 aliphatic heterocycles. The number of nitrogens with two attached hydrogens (primary N) is 1. The summed E-state index contributed by atoms with van der Waals surface area (Å²) < 4.78 is 30.8. The maximum Gasteiger partial charge on any atom is 0.262 e. The van der Waals surface area contributed by atoms with E-state index in [1.54, 1.807) is 6.92 Å². The van der Waals surface area contributed by atoms with Gasteiger partial charge in [-0.1, -0.05) is 22.6 Å². The molecule has 1 aromatic heterocycles. The van der Waals surface area contributed by atoms with Crippen LogP contribution in [0.3, 0.4) is 0 Å². The van der Waals surface area contributed by atoms with Gasteiger partial charge < -0.3 is 9.57 Å². The zero-order valence-electron chi connectivity index (χ0n) is 10.3. The Balaban J connectivity index is 2.54. The second kappa shape index (κ2) is 5.25. The number of nitrogens with zero attached hydrogens (tertiary/aromatic N) is 3. The van der Waals surface area contributed by atoms with Crippen molar-refractivity contribution in [1.29, 1.82) is 0 Å². The molecule has 0 bridgehead atoms. The summed E-state index contributed by atoms with van der Waals surface area (Å²) in [4.78, 5) is 5.06. The van der Waals surface area contributed by atoms with E-state index in [0.717, 1.165) is 0 Å². The minimum Gasteiger partial charge on any atom is -0.467 e. The highest BCUT2D eigenvalue weighted by molar-refractivity contribution is 14.1. The van der Waals surface area contributed by atoms with Crippen molar-refractivity contribution in [3.8, 4) is 0 Å². The largest absolute Gasteiger partial charge is 0.467 e. The van der Waals surface area contributed by atoms with Crippen LogP contribution in [0, 0.1) is 6.92 Å². The van der Waals surface area contributed by atoms with E-state index < -0.39 is 10.0 Å². The Labute approximate surface area is 124 Å². The Bertz CT molecular complexity index is 624. The number of primary sulfonamides is 1. The SMILES string of the molecule is Cc1nn(C)c(S(N)(=O)=O)c1C1=NOCC(CI)O1. The van der Waals surface area contributed by atoms with Crippen LogP contribution >= 0.6 is 22.6 Å². The molecule has 0 aliphatic carbocycles. The first-order valence-electron chi connectivity index (χ1n) is 5.34. The number of aryl methyl sites for hydroxylation is 2. The highest BCUT2D eigenvalue weighted by Crippen LogP contribution is 2.22. The predicted molar refractivity (Wildman–Crippen MR) is 75.6 cm³/mol. The third-order valence-corrected chi connectivity index (χ3v) is 4.50. The van der Waals surface area contributed by atoms with Crippen LogP contribution in [0.1, 0.15) is 11.3 Å². The van der Waals surface area contributed by atoms with Gasteiger partial charge in [-0.05, 0) is 12.1 Å². The Morgan fingerprint density at radius 2 is 2.26 bits per heavy atom. The van der Waals surface area contributed by atoms with Crippen LogP contribution in [-0.4, -0.2) is 41.2 Å². The van der Waals surface area contributed by atoms with Gasteiger partial charge in [0.2, 0.25) is 0 Å². The normalized spacial score (nSPS) is 19.6. The van der Waals surface area contributed by atoms with Crippen LogP contribution in [0.25, 0.3) is 0 Å². The molecule has 0 saturated heterocycles. The van der Waals surface area contributed by atoms with Crippen LogP contribution in [0.2, 0.25) is 0 Å². The van der Waals surface area contributed by atoms with Crippen molar-refractivity contribution < 1.29 is 18.0 Å². The van der Waals surface area contributed by atoms with Gasteiger partial charge in [-0.15, -0.1) is 0 Å². The quantitative estimate of drug-likeness (QED) is 0.563. The number of hydrogen-bond donors (Lipinski definition) is 1. The summed E-state index contributed by atoms with van der Waals surface area (Å²) in [5, 5.41) is 12.9. The smallest absolute Gasteiger partial charge is 0.262 e. The standard InChI is InChI=1S/C9H13IN4O4S/c1-5-7(8-13-17-4-6(3-10)18-8)9(14(2)12-5)19(11,15)16/h6H,3-4H2,1-2H3,(H2,11,15,16). The van der Waals surface area contributed by atoms with Gasteiger partial charge in [-0.25, -0.2) is 13.6 Å². The average molecular weight is 400 g/mol. The zero-order valence-corrected chi connectivity index (χ0v) is 13.3. The maximum absolute atomic E-state index is 11.6. The predicted octanol–water partition coefficient (Wildman–Crippen LogP) is -0.112. The minimum atomic E-state index is -3.93. The fourth-order valence-corrected chi connectivity index (χ4v) is 3.15. The number of aromatic nitrogens is 2. The van der Waals surface area contributed by atoms with Gasteiger partial charge in [0, 0.05) is 11.5 Å². The molecule has 1 aliphatic rings. The van der Waals surface area contributed by atoms with Crippen LogP contribution in [0.4, 0.5) is 0 Å². The fourth-order valence-electron chi connectivity index (χ4n) is 1.78. The summed E-state index contributed by atoms with van der Waals surface area (Å²) >= 11 is 2.15. The average Bonchev–Trinajstić information content (AvgIpc) is 2.64. The van der Waals surface area contributed by atoms with E-state index in [-0.39, 0.29) is 22.6 Å². The molecule has 1 unspecified atom stereocenters. The van der Waals surface area contributed by atoms with E-state index in [9.17, 15) is 8.42 Å². The lowest BCUT2D eigenvalue weighted by atomic mass is 10.2. The van der Waals surface area contributed by atoms with Crippen molar-refractivity contribution in [2.45, 2.75) is 18.1 Å². The van der Waals surface area contributed by atoms with Gasteiger partial charge in [0.15, 0.2) is 11.6 Å². The molecule has 0 radical (unpaired) electrons. The monoisotopic (exact) mass is 400 g/mol. The molecule has 0 fully saturated rings. The molecule has 1 atom stereocenters. The second-order valence-electron chi connectivity index (χ2n) is 4.02. The topological polar surface area (TPSA) is 109 Å². The summed E-state index contributed by atoms with van der Waals surface area (Å²) in [6, 6.07) is 0. The van der Waals surface area contributed by atoms with Crippen molar-refractivity contribution in [1.82, 2.24) is 9.78 Å². The molecule has 10 heteroatoms. The number of hydrogen-bond acceptors (Lipinski definition) is 6. The minimum absolute atomic E-state index is 0.0996. The van der Waals surface area contributed by atoms with Crippen molar-refractivity contribution in [3.05, 3.63) is 11.3 Å². The molecule has 2 heterocycles. The molecule has 1 aromatic rings. The first kappa shape index (κ1) is 14.5. The Hall–Kier alpha value is -0.880. The Kier molecular flexibility index (Phi) is 4.01. The molecule has 8 nitrogen and oxygen atoms in total. The fraction of sp³-hybridized carbons (Fsp3) is 0.556. The molecule has 106 valence electrons. The first-order valence-corrected chi connectivity index (χ1v) is 8.41. The number of alkyl halides is 1. The number of sulfonamides is 1. The Morgan fingerprint density at radius 1 is 1.58 bits per heavy atom. The molecule has 0 aromatic carbocycles. The van der Waals surface area contributed by atoms with Crippen LogP contribution in [0.5, 0.6) is 0 Å². The van der Waals surface area contributed by atoms with E-state index in [4.69, 9.17) is 14.7 Å². The molecule has 19 heavy (non-hydrogen) atoms. The van der Waals surface area contributed by atoms with Crippen molar-refractivity contribution in [2.75, 3.05) is 11.0 Å². The van der Waals surface area contributed by atoms with E-state index in [2.05, 4.69) is 32.8 Å². The summed E-state index contributed by atoms with van der Waals surface area (Å²) in [6.07, 6.45) is -0.180. The maximum atomic E-state index is 11.6. The summed E-state index contributed by atoms with van der Waals surface area (Å²) in [7, 11) is -2.44. The van der Waals surface area contributed by atoms with E-state index in [1.165, 1.54) is 11.7 Å². The van der Waals surface area contributed by atoms with Gasteiger partial charge in [-0.3, -0.25) is 4.68 Å². The van der Waals surface area contributed by atoms with Crippen molar-refractivity contribution >= 4 is 38.5 Å². The summed E-state index contributed by atoms with van der Waals surface area (Å²) in [5.74, 6) is 0.0996. The lowest BCUT2D eigenvalue weighted by Crippen LogP contribution is -2.31. The zero-order chi connectivity index (χ0) is 14.2. The van der Waals surface area contributed by atoms with Gasteiger partial charge in [0.25, 0.3) is 15.9 Å². The molecule has 2 N–H and O–H groups in total. The van der Waals surface area contributed by atoms with E-state index in [1.807, 2.05) is 0 Å². The van der Waals surface area contributed by atoms with Gasteiger partial charge in [-0.2, -0.15) is 5.10 Å². The van der Waals surface area contributed by atoms with Crippen LogP contribution in [-0.2, 0) is 26.6 Å². The van der Waals surface area contributed by atoms with Crippen molar-refractivity contribution in [3.63, 3.8) is 0 Å². The first-order chi connectivity index (χ1) is 8.84. The van der Waals surface area contributed by atoms with Gasteiger partial charge in [0.05, 0.1) is 5.69 Å². The molecule has 0 spiro atoms. The Morgan fingerprint density at radius 3 is 2.84 bits per heavy atom. The number of halogens is 1. The van der Waals surface area contributed by atoms with Gasteiger partial charge >= 0.3 is 0 Å². The number of oxime groups is 1. The highest BCUT2D eigenvalue weighted by atomic mass is 127. The van der Waals surface area contributed by atoms with Crippen molar-refractivity contribution in [2.24, 2.45) is 17.3 Å². The molecular weight excluding hydrogens is 387 g/mol. The summed E-state index contributed by atoms with van der Waals surface area (Å²) in [6.45, 7) is 1.99. The third kappa shape index (κ3) is 2.84. The van der Waals surface area contributed by atoms with Gasteiger partial charge in [0.1, 0.15) is 11.7 Å². The lowest BCUT2D eigenvalue weighted by molar-refractivity contribution is 0.0228. The van der Waals surface area contributed by atoms with Crippen LogP contribution < -0.4 is 5.14 Å². The van der Waals surface area contributed by atoms with Crippen LogP contribution in [0.15, 0.2) is 10.2 Å². The van der Waals surface area contributed by atoms with E-state index in [0.29, 0.717) is 16.7 Å². The lowest BCUT2D eigenvalue weighted by Gasteiger charge is -2.21. The molecule has 0 amide bonds. The summed E-state index contributed by atoms with van der Waals surface area (Å²) in [5.41, 5.74) is 0.711. The number of rotatable bonds is 3. The van der Waals surface area contributed by atoms with E-state index >= 15 is 0 Å².